The van der Waals surface area contributed by atoms with E-state index in [2.05, 4.69) is 5.32 Å². The number of rotatable bonds is 7. The van der Waals surface area contributed by atoms with Crippen LogP contribution in [0.4, 0.5) is 0 Å². The van der Waals surface area contributed by atoms with E-state index in [9.17, 15) is 18.0 Å². The smallest absolute Gasteiger partial charge is 0.341 e. The maximum atomic E-state index is 12.1. The minimum Gasteiger partial charge on any atom is -0.452 e. The van der Waals surface area contributed by atoms with Crippen molar-refractivity contribution in [1.82, 2.24) is 5.32 Å². The van der Waals surface area contributed by atoms with E-state index >= 15 is 0 Å². The average Bonchev–Trinajstić information content (AvgIpc) is 2.63. The van der Waals surface area contributed by atoms with Gasteiger partial charge in [0, 0.05) is 6.54 Å². The van der Waals surface area contributed by atoms with Crippen LogP contribution in [0.3, 0.4) is 0 Å². The normalized spacial score (nSPS) is 11.1. The Kier molecular flexibility index (Phi) is 7.68. The van der Waals surface area contributed by atoms with E-state index in [1.54, 1.807) is 12.1 Å². The zero-order valence-corrected chi connectivity index (χ0v) is 17.3. The number of hydrogen-bond acceptors (Lipinski definition) is 5. The van der Waals surface area contributed by atoms with Crippen LogP contribution in [-0.2, 0) is 26.0 Å². The van der Waals surface area contributed by atoms with Gasteiger partial charge in [0.15, 0.2) is 6.61 Å². The highest BCUT2D eigenvalue weighted by molar-refractivity contribution is 7.89. The van der Waals surface area contributed by atoms with Crippen LogP contribution in [0, 0.1) is 0 Å². The monoisotopic (exact) mass is 464 g/mol. The molecule has 0 fully saturated rings. The third-order valence-corrected chi connectivity index (χ3v) is 5.62. The highest BCUT2D eigenvalue weighted by Gasteiger charge is 2.19. The standard InChI is InChI=1S/C17H15Cl3N2O5S/c18-12-5-6-13(19)16(20)15(12)17(24)27-9-14(23)22-8-7-10-1-3-11(4-2-10)28(21,25)26/h1-6H,7-9H2,(H,22,23)(H2,21,25,26). The molecule has 2 aromatic carbocycles. The third kappa shape index (κ3) is 6.08. The average molecular weight is 466 g/mol. The molecule has 0 unspecified atom stereocenters. The number of nitrogens with two attached hydrogens (primary N) is 1. The molecule has 0 radical (unpaired) electrons. The molecule has 2 rings (SSSR count). The molecule has 2 aromatic rings. The van der Waals surface area contributed by atoms with Crippen molar-refractivity contribution in [2.75, 3.05) is 13.2 Å². The van der Waals surface area contributed by atoms with Gasteiger partial charge in [0.05, 0.1) is 25.5 Å². The van der Waals surface area contributed by atoms with Gasteiger partial charge in [0.1, 0.15) is 0 Å². The fourth-order valence-corrected chi connectivity index (χ4v) is 3.36. The molecule has 0 heterocycles. The fraction of sp³-hybridized carbons (Fsp3) is 0.176. The van der Waals surface area contributed by atoms with Gasteiger partial charge in [-0.05, 0) is 36.2 Å². The molecule has 0 spiro atoms. The summed E-state index contributed by atoms with van der Waals surface area (Å²) in [5.41, 5.74) is 0.681. The molecular formula is C17H15Cl3N2O5S. The number of carbonyl (C=O) groups excluding carboxylic acids is 2. The Morgan fingerprint density at radius 3 is 2.21 bits per heavy atom. The summed E-state index contributed by atoms with van der Waals surface area (Å²) >= 11 is 17.7. The molecule has 7 nitrogen and oxygen atoms in total. The number of esters is 1. The summed E-state index contributed by atoms with van der Waals surface area (Å²) in [6.07, 6.45) is 0.441. The lowest BCUT2D eigenvalue weighted by Crippen LogP contribution is -2.30. The predicted octanol–water partition coefficient (Wildman–Crippen LogP) is 2.81. The highest BCUT2D eigenvalue weighted by Crippen LogP contribution is 2.31. The van der Waals surface area contributed by atoms with Crippen LogP contribution < -0.4 is 10.5 Å². The van der Waals surface area contributed by atoms with E-state index in [1.807, 2.05) is 0 Å². The summed E-state index contributed by atoms with van der Waals surface area (Å²) in [6, 6.07) is 8.78. The molecule has 0 bridgehead atoms. The summed E-state index contributed by atoms with van der Waals surface area (Å²) in [5.74, 6) is -1.39. The predicted molar refractivity (Wildman–Crippen MR) is 106 cm³/mol. The van der Waals surface area contributed by atoms with Crippen molar-refractivity contribution in [1.29, 1.82) is 0 Å². The van der Waals surface area contributed by atoms with Crippen LogP contribution in [0.5, 0.6) is 0 Å². The lowest BCUT2D eigenvalue weighted by molar-refractivity contribution is -0.124. The van der Waals surface area contributed by atoms with Crippen LogP contribution in [0.15, 0.2) is 41.3 Å². The van der Waals surface area contributed by atoms with Crippen LogP contribution in [0.2, 0.25) is 15.1 Å². The largest absolute Gasteiger partial charge is 0.452 e. The molecule has 0 aliphatic carbocycles. The van der Waals surface area contributed by atoms with Gasteiger partial charge in [-0.25, -0.2) is 18.4 Å². The van der Waals surface area contributed by atoms with E-state index in [0.717, 1.165) is 5.56 Å². The maximum Gasteiger partial charge on any atom is 0.341 e. The second-order valence-corrected chi connectivity index (χ2v) is 8.34. The number of hydrogen-bond donors (Lipinski definition) is 2. The molecule has 150 valence electrons. The highest BCUT2D eigenvalue weighted by atomic mass is 35.5. The van der Waals surface area contributed by atoms with Gasteiger partial charge in [-0.3, -0.25) is 4.79 Å². The van der Waals surface area contributed by atoms with Gasteiger partial charge in [-0.2, -0.15) is 0 Å². The Morgan fingerprint density at radius 2 is 1.61 bits per heavy atom. The van der Waals surface area contributed by atoms with E-state index in [1.165, 1.54) is 24.3 Å². The Hall–Kier alpha value is -1.84. The molecule has 0 aliphatic heterocycles. The summed E-state index contributed by atoms with van der Waals surface area (Å²) in [4.78, 5) is 23.9. The first-order valence-electron chi connectivity index (χ1n) is 7.78. The number of primary sulfonamides is 1. The molecule has 0 atom stereocenters. The van der Waals surface area contributed by atoms with Gasteiger partial charge >= 0.3 is 5.97 Å². The number of nitrogens with one attached hydrogen (secondary N) is 1. The number of sulfonamides is 1. The molecular weight excluding hydrogens is 451 g/mol. The summed E-state index contributed by atoms with van der Waals surface area (Å²) in [7, 11) is -3.75. The first-order valence-corrected chi connectivity index (χ1v) is 10.5. The maximum absolute atomic E-state index is 12.1. The molecule has 0 saturated carbocycles. The van der Waals surface area contributed by atoms with Gasteiger partial charge in [0.2, 0.25) is 10.0 Å². The van der Waals surface area contributed by atoms with Crippen molar-refractivity contribution < 1.29 is 22.7 Å². The quantitative estimate of drug-likeness (QED) is 0.482. The number of ether oxygens (including phenoxy) is 1. The summed E-state index contributed by atoms with van der Waals surface area (Å²) < 4.78 is 27.3. The lowest BCUT2D eigenvalue weighted by Gasteiger charge is -2.09. The van der Waals surface area contributed by atoms with Crippen LogP contribution in [0.1, 0.15) is 15.9 Å². The van der Waals surface area contributed by atoms with Crippen molar-refractivity contribution in [3.63, 3.8) is 0 Å². The fourth-order valence-electron chi connectivity index (χ4n) is 2.16. The number of carbonyl (C=O) groups is 2. The molecule has 1 amide bonds. The Bertz CT molecular complexity index is 995. The zero-order chi connectivity index (χ0) is 20.9. The van der Waals surface area contributed by atoms with Crippen LogP contribution >= 0.6 is 34.8 Å². The minimum absolute atomic E-state index is 0.00512. The van der Waals surface area contributed by atoms with Crippen LogP contribution in [-0.4, -0.2) is 33.4 Å². The van der Waals surface area contributed by atoms with Crippen molar-refractivity contribution in [3.05, 3.63) is 62.6 Å². The zero-order valence-electron chi connectivity index (χ0n) is 14.2. The number of benzene rings is 2. The topological polar surface area (TPSA) is 116 Å². The molecule has 28 heavy (non-hydrogen) atoms. The second kappa shape index (κ2) is 9.58. The van der Waals surface area contributed by atoms with Crippen molar-refractivity contribution >= 4 is 56.7 Å². The van der Waals surface area contributed by atoms with E-state index < -0.39 is 28.5 Å². The van der Waals surface area contributed by atoms with Gasteiger partial charge in [-0.1, -0.05) is 46.9 Å². The summed E-state index contributed by atoms with van der Waals surface area (Å²) in [6.45, 7) is -0.272. The van der Waals surface area contributed by atoms with Gasteiger partial charge < -0.3 is 10.1 Å². The number of amides is 1. The van der Waals surface area contributed by atoms with Crippen molar-refractivity contribution in [3.8, 4) is 0 Å². The Labute approximate surface area is 176 Å². The molecule has 0 aliphatic rings. The van der Waals surface area contributed by atoms with E-state index in [-0.39, 0.29) is 32.1 Å². The SMILES string of the molecule is NS(=O)(=O)c1ccc(CCNC(=O)COC(=O)c2c(Cl)ccc(Cl)c2Cl)cc1. The Morgan fingerprint density at radius 1 is 1.00 bits per heavy atom. The van der Waals surface area contributed by atoms with Crippen molar-refractivity contribution in [2.45, 2.75) is 11.3 Å². The molecule has 11 heteroatoms. The van der Waals surface area contributed by atoms with Crippen LogP contribution in [0.25, 0.3) is 0 Å². The molecule has 0 aromatic heterocycles. The minimum atomic E-state index is -3.75. The Balaban J connectivity index is 1.82. The first-order chi connectivity index (χ1) is 13.1. The second-order valence-electron chi connectivity index (χ2n) is 5.58. The van der Waals surface area contributed by atoms with E-state index in [4.69, 9.17) is 44.7 Å². The van der Waals surface area contributed by atoms with Gasteiger partial charge in [0.25, 0.3) is 5.91 Å². The summed E-state index contributed by atoms with van der Waals surface area (Å²) in [5, 5.41) is 7.74. The lowest BCUT2D eigenvalue weighted by atomic mass is 10.1. The molecule has 3 N–H and O–H groups in total. The third-order valence-electron chi connectivity index (χ3n) is 3.57. The van der Waals surface area contributed by atoms with Crippen molar-refractivity contribution in [2.24, 2.45) is 5.14 Å². The van der Waals surface area contributed by atoms with Gasteiger partial charge in [-0.15, -0.1) is 0 Å². The molecule has 0 saturated heterocycles. The first kappa shape index (κ1) is 22.4. The van der Waals surface area contributed by atoms with E-state index in [0.29, 0.717) is 6.42 Å². The number of halogens is 3.